The lowest BCUT2D eigenvalue weighted by atomic mass is 10.1. The number of benzene rings is 1. The first-order chi connectivity index (χ1) is 10.2. The number of nitrogens with zero attached hydrogens (tertiary/aromatic N) is 4. The molecule has 4 nitrogen and oxygen atoms in total. The molecule has 2 heterocycles. The highest BCUT2D eigenvalue weighted by Gasteiger charge is 2.12. The SMILES string of the molecule is CN(C)Cc1cn(-c2ccccc2)nc1-c1ccncc1. The van der Waals surface area contributed by atoms with Gasteiger partial charge in [-0.1, -0.05) is 18.2 Å². The smallest absolute Gasteiger partial charge is 0.0973 e. The van der Waals surface area contributed by atoms with Crippen LogP contribution in [-0.2, 0) is 6.54 Å². The van der Waals surface area contributed by atoms with Crippen molar-refractivity contribution in [3.63, 3.8) is 0 Å². The Kier molecular flexibility index (Phi) is 3.79. The van der Waals surface area contributed by atoms with E-state index in [1.807, 2.05) is 35.0 Å². The Morgan fingerprint density at radius 1 is 1.00 bits per heavy atom. The molecule has 0 N–H and O–H groups in total. The molecule has 0 radical (unpaired) electrons. The molecule has 0 fully saturated rings. The van der Waals surface area contributed by atoms with Crippen LogP contribution in [0.15, 0.2) is 61.1 Å². The van der Waals surface area contributed by atoms with Crippen molar-refractivity contribution in [2.24, 2.45) is 0 Å². The van der Waals surface area contributed by atoms with Crippen molar-refractivity contribution in [1.29, 1.82) is 0 Å². The van der Waals surface area contributed by atoms with E-state index >= 15 is 0 Å². The highest BCUT2D eigenvalue weighted by atomic mass is 15.3. The number of para-hydroxylation sites is 1. The minimum absolute atomic E-state index is 0.852. The van der Waals surface area contributed by atoms with Gasteiger partial charge in [0.15, 0.2) is 0 Å². The molecule has 1 aromatic carbocycles. The third kappa shape index (κ3) is 3.01. The lowest BCUT2D eigenvalue weighted by Crippen LogP contribution is -2.10. The molecule has 0 amide bonds. The van der Waals surface area contributed by atoms with Gasteiger partial charge in [-0.25, -0.2) is 4.68 Å². The van der Waals surface area contributed by atoms with E-state index in [0.717, 1.165) is 23.5 Å². The van der Waals surface area contributed by atoms with Crippen molar-refractivity contribution in [2.45, 2.75) is 6.54 Å². The van der Waals surface area contributed by atoms with E-state index in [2.05, 4.69) is 42.3 Å². The van der Waals surface area contributed by atoms with Crippen LogP contribution in [0.1, 0.15) is 5.56 Å². The van der Waals surface area contributed by atoms with Gasteiger partial charge < -0.3 is 4.90 Å². The topological polar surface area (TPSA) is 34.0 Å². The predicted molar refractivity (Wildman–Crippen MR) is 84.2 cm³/mol. The van der Waals surface area contributed by atoms with Crippen molar-refractivity contribution in [2.75, 3.05) is 14.1 Å². The van der Waals surface area contributed by atoms with E-state index < -0.39 is 0 Å². The maximum absolute atomic E-state index is 4.77. The van der Waals surface area contributed by atoms with Gasteiger partial charge in [-0.3, -0.25) is 4.98 Å². The van der Waals surface area contributed by atoms with Gasteiger partial charge in [0.25, 0.3) is 0 Å². The monoisotopic (exact) mass is 278 g/mol. The van der Waals surface area contributed by atoms with Crippen LogP contribution in [0.5, 0.6) is 0 Å². The molecule has 0 aliphatic heterocycles. The lowest BCUT2D eigenvalue weighted by molar-refractivity contribution is 0.403. The van der Waals surface area contributed by atoms with Gasteiger partial charge >= 0.3 is 0 Å². The van der Waals surface area contributed by atoms with Gasteiger partial charge in [0.2, 0.25) is 0 Å². The van der Waals surface area contributed by atoms with Crippen molar-refractivity contribution < 1.29 is 0 Å². The van der Waals surface area contributed by atoms with E-state index in [-0.39, 0.29) is 0 Å². The molecule has 0 aliphatic rings. The summed E-state index contributed by atoms with van der Waals surface area (Å²) in [7, 11) is 4.13. The molecule has 0 aliphatic carbocycles. The largest absolute Gasteiger partial charge is 0.305 e. The Hall–Kier alpha value is -2.46. The molecule has 3 rings (SSSR count). The molecular weight excluding hydrogens is 260 g/mol. The molecule has 106 valence electrons. The second kappa shape index (κ2) is 5.89. The maximum Gasteiger partial charge on any atom is 0.0973 e. The summed E-state index contributed by atoms with van der Waals surface area (Å²) >= 11 is 0. The fraction of sp³-hybridized carbons (Fsp3) is 0.176. The van der Waals surface area contributed by atoms with Crippen molar-refractivity contribution >= 4 is 0 Å². The number of rotatable bonds is 4. The Balaban J connectivity index is 2.07. The van der Waals surface area contributed by atoms with Crippen LogP contribution in [-0.4, -0.2) is 33.8 Å². The van der Waals surface area contributed by atoms with Gasteiger partial charge in [-0.15, -0.1) is 0 Å². The highest BCUT2D eigenvalue weighted by molar-refractivity contribution is 5.62. The molecule has 0 unspecified atom stereocenters. The Morgan fingerprint density at radius 2 is 1.71 bits per heavy atom. The fourth-order valence-electron chi connectivity index (χ4n) is 2.33. The number of hydrogen-bond acceptors (Lipinski definition) is 3. The Labute approximate surface area is 124 Å². The standard InChI is InChI=1S/C17H18N4/c1-20(2)12-15-13-21(16-6-4-3-5-7-16)19-17(15)14-8-10-18-11-9-14/h3-11,13H,12H2,1-2H3. The van der Waals surface area contributed by atoms with Gasteiger partial charge in [-0.05, 0) is 38.4 Å². The summed E-state index contributed by atoms with van der Waals surface area (Å²) in [6, 6.07) is 14.2. The zero-order chi connectivity index (χ0) is 14.7. The summed E-state index contributed by atoms with van der Waals surface area (Å²) < 4.78 is 1.94. The number of hydrogen-bond donors (Lipinski definition) is 0. The van der Waals surface area contributed by atoms with Crippen LogP contribution in [0.3, 0.4) is 0 Å². The second-order valence-electron chi connectivity index (χ2n) is 5.26. The summed E-state index contributed by atoms with van der Waals surface area (Å²) in [5, 5.41) is 4.77. The molecule has 0 spiro atoms. The van der Waals surface area contributed by atoms with Crippen LogP contribution in [0.4, 0.5) is 0 Å². The van der Waals surface area contributed by atoms with Crippen molar-refractivity contribution in [3.8, 4) is 16.9 Å². The van der Waals surface area contributed by atoms with Gasteiger partial charge in [0, 0.05) is 36.3 Å². The van der Waals surface area contributed by atoms with E-state index in [4.69, 9.17) is 5.10 Å². The average molecular weight is 278 g/mol. The minimum Gasteiger partial charge on any atom is -0.305 e. The molecule has 2 aromatic heterocycles. The molecule has 3 aromatic rings. The average Bonchev–Trinajstić information content (AvgIpc) is 2.92. The molecular formula is C17H18N4. The normalized spacial score (nSPS) is 11.0. The number of aromatic nitrogens is 3. The fourth-order valence-corrected chi connectivity index (χ4v) is 2.33. The first-order valence-corrected chi connectivity index (χ1v) is 6.93. The van der Waals surface area contributed by atoms with E-state index in [1.54, 1.807) is 12.4 Å². The second-order valence-corrected chi connectivity index (χ2v) is 5.26. The van der Waals surface area contributed by atoms with E-state index in [9.17, 15) is 0 Å². The minimum atomic E-state index is 0.852. The molecule has 0 atom stereocenters. The van der Waals surface area contributed by atoms with Crippen LogP contribution in [0, 0.1) is 0 Å². The van der Waals surface area contributed by atoms with Gasteiger partial charge in [0.1, 0.15) is 0 Å². The third-order valence-corrected chi connectivity index (χ3v) is 3.25. The summed E-state index contributed by atoms with van der Waals surface area (Å²) in [5.74, 6) is 0. The van der Waals surface area contributed by atoms with Crippen LogP contribution in [0.25, 0.3) is 16.9 Å². The number of pyridine rings is 1. The van der Waals surface area contributed by atoms with Gasteiger partial charge in [-0.2, -0.15) is 5.10 Å². The quantitative estimate of drug-likeness (QED) is 0.735. The maximum atomic E-state index is 4.77. The Morgan fingerprint density at radius 3 is 2.38 bits per heavy atom. The summed E-state index contributed by atoms with van der Waals surface area (Å²) in [6.07, 6.45) is 5.71. The summed E-state index contributed by atoms with van der Waals surface area (Å²) in [6.45, 7) is 0.852. The Bertz CT molecular complexity index is 702. The third-order valence-electron chi connectivity index (χ3n) is 3.25. The molecule has 0 saturated heterocycles. The van der Waals surface area contributed by atoms with Crippen molar-refractivity contribution in [1.82, 2.24) is 19.7 Å². The first kappa shape index (κ1) is 13.5. The summed E-state index contributed by atoms with van der Waals surface area (Å²) in [5.41, 5.74) is 4.37. The molecule has 0 bridgehead atoms. The zero-order valence-electron chi connectivity index (χ0n) is 12.3. The summed E-state index contributed by atoms with van der Waals surface area (Å²) in [4.78, 5) is 6.23. The highest BCUT2D eigenvalue weighted by Crippen LogP contribution is 2.23. The predicted octanol–water partition coefficient (Wildman–Crippen LogP) is 3.00. The zero-order valence-corrected chi connectivity index (χ0v) is 12.3. The lowest BCUT2D eigenvalue weighted by Gasteiger charge is -2.08. The van der Waals surface area contributed by atoms with Crippen molar-refractivity contribution in [3.05, 3.63) is 66.6 Å². The van der Waals surface area contributed by atoms with Crippen LogP contribution < -0.4 is 0 Å². The van der Waals surface area contributed by atoms with Gasteiger partial charge in [0.05, 0.1) is 11.4 Å². The molecule has 0 saturated carbocycles. The van der Waals surface area contributed by atoms with Crippen LogP contribution in [0.2, 0.25) is 0 Å². The first-order valence-electron chi connectivity index (χ1n) is 6.93. The van der Waals surface area contributed by atoms with Crippen LogP contribution >= 0.6 is 0 Å². The van der Waals surface area contributed by atoms with E-state index in [0.29, 0.717) is 0 Å². The molecule has 21 heavy (non-hydrogen) atoms. The molecule has 4 heteroatoms. The van der Waals surface area contributed by atoms with E-state index in [1.165, 1.54) is 5.56 Å².